The van der Waals surface area contributed by atoms with Gasteiger partial charge in [-0.2, -0.15) is 0 Å². The Labute approximate surface area is 163 Å². The van der Waals surface area contributed by atoms with E-state index in [-0.39, 0.29) is 11.2 Å². The van der Waals surface area contributed by atoms with Gasteiger partial charge >= 0.3 is 0 Å². The third-order valence-corrected chi connectivity index (χ3v) is 2.62. The van der Waals surface area contributed by atoms with E-state index in [0.29, 0.717) is 0 Å². The van der Waals surface area contributed by atoms with Gasteiger partial charge in [0, 0.05) is 0 Å². The van der Waals surface area contributed by atoms with E-state index in [4.69, 9.17) is 19.6 Å². The van der Waals surface area contributed by atoms with Crippen LogP contribution in [0.4, 0.5) is 0 Å². The first-order valence-electron chi connectivity index (χ1n) is 9.81. The molecule has 0 aromatic rings. The second-order valence-corrected chi connectivity index (χ2v) is 9.54. The molecule has 0 fully saturated rings. The van der Waals surface area contributed by atoms with Crippen molar-refractivity contribution in [1.29, 1.82) is 0 Å². The molecule has 0 aliphatic carbocycles. The zero-order chi connectivity index (χ0) is 21.1. The maximum atomic E-state index is 5.36. The summed E-state index contributed by atoms with van der Waals surface area (Å²) in [5, 5.41) is 0. The molecule has 0 aromatic heterocycles. The van der Waals surface area contributed by atoms with Gasteiger partial charge in [-0.3, -0.25) is 0 Å². The predicted molar refractivity (Wildman–Crippen MR) is 110 cm³/mol. The average Bonchev–Trinajstić information content (AvgIpc) is 2.47. The summed E-state index contributed by atoms with van der Waals surface area (Å²) in [5.74, 6) is 6.01. The highest BCUT2D eigenvalue weighted by Gasteiger charge is 2.25. The van der Waals surface area contributed by atoms with Gasteiger partial charge in [-0.25, -0.2) is 19.6 Å². The van der Waals surface area contributed by atoms with E-state index in [0.717, 1.165) is 0 Å². The third-order valence-electron chi connectivity index (χ3n) is 2.62. The van der Waals surface area contributed by atoms with Crippen molar-refractivity contribution in [2.45, 2.75) is 131 Å². The van der Waals surface area contributed by atoms with Gasteiger partial charge in [-0.1, -0.05) is 51.4 Å². The number of rotatable bonds is 7. The number of hydrogen-bond acceptors (Lipinski definition) is 4. The average molecular weight is 373 g/mol. The lowest BCUT2D eigenvalue weighted by Crippen LogP contribution is -2.32. The van der Waals surface area contributed by atoms with E-state index in [2.05, 4.69) is 25.7 Å². The maximum absolute atomic E-state index is 5.36. The molecule has 0 N–H and O–H groups in total. The molecule has 0 atom stereocenters. The summed E-state index contributed by atoms with van der Waals surface area (Å²) in [7, 11) is 0. The molecule has 0 aromatic carbocycles. The van der Waals surface area contributed by atoms with Gasteiger partial charge in [0.1, 0.15) is 0 Å². The largest absolute Gasteiger partial charge is 0.229 e. The molecule has 0 unspecified atom stereocenters. The van der Waals surface area contributed by atoms with E-state index in [1.807, 2.05) is 69.2 Å². The minimum Gasteiger partial charge on any atom is -0.229 e. The number of hydrogen-bond donors (Lipinski definition) is 0. The Morgan fingerprint density at radius 2 is 0.769 bits per heavy atom. The quantitative estimate of drug-likeness (QED) is 0.217. The van der Waals surface area contributed by atoms with Crippen LogP contribution in [0, 0.1) is 11.8 Å². The van der Waals surface area contributed by atoms with Crippen molar-refractivity contribution >= 4 is 0 Å². The molecule has 0 bridgehead atoms. The zero-order valence-corrected chi connectivity index (χ0v) is 19.5. The molecule has 26 heavy (non-hydrogen) atoms. The highest BCUT2D eigenvalue weighted by atomic mass is 17.2. The summed E-state index contributed by atoms with van der Waals surface area (Å²) in [6, 6.07) is 0. The van der Waals surface area contributed by atoms with Crippen LogP contribution in [0.3, 0.4) is 0 Å². The molecule has 0 heterocycles. The zero-order valence-electron chi connectivity index (χ0n) is 19.5. The van der Waals surface area contributed by atoms with E-state index in [1.165, 1.54) is 25.7 Å². The fourth-order valence-corrected chi connectivity index (χ4v) is 1.30. The van der Waals surface area contributed by atoms with Crippen LogP contribution in [-0.2, 0) is 19.6 Å². The Bertz CT molecular complexity index is 376. The molecule has 4 nitrogen and oxygen atoms in total. The Morgan fingerprint density at radius 3 is 0.962 bits per heavy atom. The second-order valence-electron chi connectivity index (χ2n) is 9.54. The second kappa shape index (κ2) is 12.0. The smallest absolute Gasteiger partial charge is 0.158 e. The van der Waals surface area contributed by atoms with Gasteiger partial charge in [0.05, 0.1) is 11.2 Å². The number of unbranched alkanes of at least 4 members (excludes halogenated alkanes) is 3. The van der Waals surface area contributed by atoms with Gasteiger partial charge in [-0.15, -0.1) is 0 Å². The molecular weight excluding hydrogens is 328 g/mol. The van der Waals surface area contributed by atoms with Gasteiger partial charge in [-0.05, 0) is 69.2 Å². The fraction of sp³-hybridized carbons (Fsp3) is 0.909. The molecule has 4 heteroatoms. The highest BCUT2D eigenvalue weighted by molar-refractivity contribution is 5.17. The van der Waals surface area contributed by atoms with Crippen molar-refractivity contribution in [3.05, 3.63) is 0 Å². The van der Waals surface area contributed by atoms with Crippen molar-refractivity contribution in [3.63, 3.8) is 0 Å². The lowest BCUT2D eigenvalue weighted by molar-refractivity contribution is -0.386. The summed E-state index contributed by atoms with van der Waals surface area (Å²) < 4.78 is 0. The minimum atomic E-state index is -0.727. The maximum Gasteiger partial charge on any atom is 0.158 e. The van der Waals surface area contributed by atoms with Crippen LogP contribution in [0.5, 0.6) is 0 Å². The lowest BCUT2D eigenvalue weighted by Gasteiger charge is -2.26. The molecule has 156 valence electrons. The molecular formula is C22H44O4. The van der Waals surface area contributed by atoms with Gasteiger partial charge in [0.15, 0.2) is 11.2 Å². The summed E-state index contributed by atoms with van der Waals surface area (Å²) in [6.07, 6.45) is 5.54. The fourth-order valence-electron chi connectivity index (χ4n) is 1.30. The first-order chi connectivity index (χ1) is 11.5. The van der Waals surface area contributed by atoms with Gasteiger partial charge in [0.2, 0.25) is 0 Å². The molecule has 0 aliphatic heterocycles. The van der Waals surface area contributed by atoms with Gasteiger partial charge < -0.3 is 0 Å². The minimum absolute atomic E-state index is 0.375. The molecule has 0 rings (SSSR count). The van der Waals surface area contributed by atoms with Crippen LogP contribution in [0.2, 0.25) is 0 Å². The summed E-state index contributed by atoms with van der Waals surface area (Å²) in [6.45, 7) is 23.3. The van der Waals surface area contributed by atoms with E-state index >= 15 is 0 Å². The monoisotopic (exact) mass is 372 g/mol. The molecule has 0 saturated heterocycles. The van der Waals surface area contributed by atoms with Crippen molar-refractivity contribution in [3.8, 4) is 11.8 Å². The molecule has 0 amide bonds. The van der Waals surface area contributed by atoms with Crippen LogP contribution < -0.4 is 0 Å². The third kappa shape index (κ3) is 21.4. The lowest BCUT2D eigenvalue weighted by atomic mass is 10.1. The standard InChI is InChI=1S/C16H30O4.C6H14/c1-13(2,3)17-19-15(7,8)11-12-16(9,10)20-18-14(4,5)6;1-3-5-6-4-2/h1-10H3;3-6H2,1-2H3. The Hall–Kier alpha value is -0.600. The van der Waals surface area contributed by atoms with Crippen LogP contribution in [0.15, 0.2) is 0 Å². The van der Waals surface area contributed by atoms with Crippen molar-refractivity contribution in [2.24, 2.45) is 0 Å². The summed E-state index contributed by atoms with van der Waals surface area (Å²) >= 11 is 0. The normalized spacial score (nSPS) is 12.8. The highest BCUT2D eigenvalue weighted by Crippen LogP contribution is 2.18. The van der Waals surface area contributed by atoms with Crippen molar-refractivity contribution < 1.29 is 19.6 Å². The Morgan fingerprint density at radius 1 is 0.500 bits per heavy atom. The predicted octanol–water partition coefficient (Wildman–Crippen LogP) is 6.63. The topological polar surface area (TPSA) is 36.9 Å². The van der Waals surface area contributed by atoms with Crippen LogP contribution in [0.1, 0.15) is 109 Å². The molecule has 0 spiro atoms. The first-order valence-corrected chi connectivity index (χ1v) is 9.81. The van der Waals surface area contributed by atoms with E-state index < -0.39 is 11.2 Å². The molecule has 0 saturated carbocycles. The molecule has 0 radical (unpaired) electrons. The van der Waals surface area contributed by atoms with Crippen molar-refractivity contribution in [2.75, 3.05) is 0 Å². The Kier molecular flexibility index (Phi) is 12.7. The van der Waals surface area contributed by atoms with E-state index in [9.17, 15) is 0 Å². The summed E-state index contributed by atoms with van der Waals surface area (Å²) in [4.78, 5) is 21.3. The summed E-state index contributed by atoms with van der Waals surface area (Å²) in [5.41, 5.74) is -2.20. The van der Waals surface area contributed by atoms with Crippen LogP contribution in [-0.4, -0.2) is 22.4 Å². The van der Waals surface area contributed by atoms with Crippen LogP contribution >= 0.6 is 0 Å². The Balaban J connectivity index is 0. The SMILES string of the molecule is CC(C)(C)OOC(C)(C)C#CC(C)(C)OOC(C)(C)C.CCCCCC. The first kappa shape index (κ1) is 27.6. The van der Waals surface area contributed by atoms with Crippen LogP contribution in [0.25, 0.3) is 0 Å². The van der Waals surface area contributed by atoms with Crippen molar-refractivity contribution in [1.82, 2.24) is 0 Å². The van der Waals surface area contributed by atoms with Gasteiger partial charge in [0.25, 0.3) is 0 Å². The van der Waals surface area contributed by atoms with E-state index in [1.54, 1.807) is 0 Å². The molecule has 0 aliphatic rings.